The summed E-state index contributed by atoms with van der Waals surface area (Å²) < 4.78 is 0. The molecule has 18 heavy (non-hydrogen) atoms. The van der Waals surface area contributed by atoms with Crippen molar-refractivity contribution in [2.24, 2.45) is 5.92 Å². The zero-order valence-corrected chi connectivity index (χ0v) is 10.8. The Kier molecular flexibility index (Phi) is 4.07. The first-order valence-electron chi connectivity index (χ1n) is 6.56. The third-order valence-electron chi connectivity index (χ3n) is 3.61. The molecule has 0 saturated heterocycles. The van der Waals surface area contributed by atoms with Crippen LogP contribution in [0.2, 0.25) is 0 Å². The maximum atomic E-state index is 11.7. The van der Waals surface area contributed by atoms with Gasteiger partial charge in [-0.3, -0.25) is 4.79 Å². The van der Waals surface area contributed by atoms with Crippen LogP contribution < -0.4 is 16.4 Å². The van der Waals surface area contributed by atoms with E-state index in [1.165, 1.54) is 25.7 Å². The van der Waals surface area contributed by atoms with Gasteiger partial charge in [-0.1, -0.05) is 19.3 Å². The van der Waals surface area contributed by atoms with Crippen LogP contribution in [0.15, 0.2) is 18.2 Å². The highest BCUT2D eigenvalue weighted by molar-refractivity contribution is 6.00. The fraction of sp³-hybridized carbons (Fsp3) is 0.500. The Balaban J connectivity index is 1.99. The fourth-order valence-electron chi connectivity index (χ4n) is 2.23. The summed E-state index contributed by atoms with van der Waals surface area (Å²) >= 11 is 0. The van der Waals surface area contributed by atoms with Crippen LogP contribution in [0.1, 0.15) is 36.0 Å². The molecule has 4 N–H and O–H groups in total. The Morgan fingerprint density at radius 2 is 2.22 bits per heavy atom. The van der Waals surface area contributed by atoms with Crippen molar-refractivity contribution in [3.8, 4) is 0 Å². The zero-order chi connectivity index (χ0) is 13.0. The summed E-state index contributed by atoms with van der Waals surface area (Å²) in [6.07, 6.45) is 5.23. The molecule has 1 saturated carbocycles. The maximum Gasteiger partial charge on any atom is 0.253 e. The van der Waals surface area contributed by atoms with Crippen molar-refractivity contribution in [2.75, 3.05) is 24.6 Å². The van der Waals surface area contributed by atoms with Crippen molar-refractivity contribution < 1.29 is 4.79 Å². The van der Waals surface area contributed by atoms with E-state index >= 15 is 0 Å². The van der Waals surface area contributed by atoms with Gasteiger partial charge in [-0.15, -0.1) is 0 Å². The lowest BCUT2D eigenvalue weighted by atomic mass is 9.83. The van der Waals surface area contributed by atoms with Gasteiger partial charge in [0.25, 0.3) is 5.91 Å². The highest BCUT2D eigenvalue weighted by Gasteiger charge is 2.17. The molecule has 0 spiro atoms. The number of carbonyl (C=O) groups is 1. The maximum absolute atomic E-state index is 11.7. The highest BCUT2D eigenvalue weighted by Crippen LogP contribution is 2.29. The number of nitrogens with two attached hydrogens (primary N) is 1. The first-order valence-corrected chi connectivity index (χ1v) is 6.56. The van der Waals surface area contributed by atoms with Crippen molar-refractivity contribution >= 4 is 17.3 Å². The summed E-state index contributed by atoms with van der Waals surface area (Å²) in [5.41, 5.74) is 7.92. The molecule has 1 amide bonds. The van der Waals surface area contributed by atoms with Crippen LogP contribution in [-0.4, -0.2) is 19.5 Å². The van der Waals surface area contributed by atoms with Crippen LogP contribution in [0.4, 0.5) is 11.4 Å². The molecular weight excluding hydrogens is 226 g/mol. The van der Waals surface area contributed by atoms with E-state index in [9.17, 15) is 4.79 Å². The first kappa shape index (κ1) is 12.7. The van der Waals surface area contributed by atoms with Crippen LogP contribution in [0, 0.1) is 5.92 Å². The fourth-order valence-corrected chi connectivity index (χ4v) is 2.23. The number of carbonyl (C=O) groups excluding carboxylic acids is 1. The van der Waals surface area contributed by atoms with Crippen LogP contribution in [-0.2, 0) is 0 Å². The predicted molar refractivity (Wildman–Crippen MR) is 74.7 cm³/mol. The number of hydrogen-bond donors (Lipinski definition) is 3. The van der Waals surface area contributed by atoms with Crippen LogP contribution in [0.3, 0.4) is 0 Å². The van der Waals surface area contributed by atoms with Gasteiger partial charge < -0.3 is 16.4 Å². The number of anilines is 2. The average molecular weight is 247 g/mol. The molecule has 0 aromatic heterocycles. The summed E-state index contributed by atoms with van der Waals surface area (Å²) in [7, 11) is 1.64. The van der Waals surface area contributed by atoms with Crippen LogP contribution in [0.5, 0.6) is 0 Å². The Labute approximate surface area is 108 Å². The Morgan fingerprint density at radius 3 is 2.83 bits per heavy atom. The monoisotopic (exact) mass is 247 g/mol. The lowest BCUT2D eigenvalue weighted by molar-refractivity contribution is 0.0964. The number of amides is 1. The molecule has 1 aromatic rings. The Hall–Kier alpha value is -1.71. The number of hydrogen-bond acceptors (Lipinski definition) is 3. The minimum absolute atomic E-state index is 0.0823. The quantitative estimate of drug-likeness (QED) is 0.699. The van der Waals surface area contributed by atoms with E-state index in [1.807, 2.05) is 6.07 Å². The minimum atomic E-state index is -0.0823. The summed E-state index contributed by atoms with van der Waals surface area (Å²) in [5.74, 6) is 0.781. The van der Waals surface area contributed by atoms with Gasteiger partial charge >= 0.3 is 0 Å². The second-order valence-electron chi connectivity index (χ2n) is 4.90. The van der Waals surface area contributed by atoms with Gasteiger partial charge in [0.1, 0.15) is 0 Å². The molecule has 1 aliphatic rings. The van der Waals surface area contributed by atoms with Gasteiger partial charge in [0.15, 0.2) is 0 Å². The lowest BCUT2D eigenvalue weighted by Gasteiger charge is -2.25. The number of nitrogen functional groups attached to an aromatic ring is 1. The normalized spacial score (nSPS) is 14.9. The molecule has 2 rings (SSSR count). The minimum Gasteiger partial charge on any atom is -0.399 e. The van der Waals surface area contributed by atoms with Crippen molar-refractivity contribution in [3.05, 3.63) is 23.8 Å². The molecule has 0 heterocycles. The van der Waals surface area contributed by atoms with Crippen LogP contribution >= 0.6 is 0 Å². The van der Waals surface area contributed by atoms with E-state index in [2.05, 4.69) is 10.6 Å². The van der Waals surface area contributed by atoms with E-state index in [-0.39, 0.29) is 5.91 Å². The van der Waals surface area contributed by atoms with Crippen molar-refractivity contribution in [2.45, 2.75) is 25.7 Å². The second kappa shape index (κ2) is 5.76. The number of nitrogens with one attached hydrogen (secondary N) is 2. The van der Waals surface area contributed by atoms with Crippen molar-refractivity contribution in [1.29, 1.82) is 0 Å². The Morgan fingerprint density at radius 1 is 1.44 bits per heavy atom. The lowest BCUT2D eigenvalue weighted by Crippen LogP contribution is -2.21. The Bertz CT molecular complexity index is 427. The number of benzene rings is 1. The zero-order valence-electron chi connectivity index (χ0n) is 10.8. The number of rotatable bonds is 5. The molecule has 98 valence electrons. The largest absolute Gasteiger partial charge is 0.399 e. The van der Waals surface area contributed by atoms with Gasteiger partial charge in [0.05, 0.1) is 5.56 Å². The molecule has 4 heteroatoms. The molecule has 0 unspecified atom stereocenters. The van der Waals surface area contributed by atoms with Gasteiger partial charge in [-0.25, -0.2) is 0 Å². The molecule has 1 aromatic carbocycles. The van der Waals surface area contributed by atoms with Crippen LogP contribution in [0.25, 0.3) is 0 Å². The molecule has 0 aliphatic heterocycles. The van der Waals surface area contributed by atoms with Gasteiger partial charge in [-0.05, 0) is 30.5 Å². The summed E-state index contributed by atoms with van der Waals surface area (Å²) in [4.78, 5) is 11.7. The van der Waals surface area contributed by atoms with E-state index in [1.54, 1.807) is 19.2 Å². The molecule has 0 bridgehead atoms. The third kappa shape index (κ3) is 2.94. The van der Waals surface area contributed by atoms with E-state index < -0.39 is 0 Å². The molecule has 0 atom stereocenters. The van der Waals surface area contributed by atoms with Crippen molar-refractivity contribution in [3.63, 3.8) is 0 Å². The summed E-state index contributed by atoms with van der Waals surface area (Å²) in [6.45, 7) is 0.901. The summed E-state index contributed by atoms with van der Waals surface area (Å²) in [6, 6.07) is 5.34. The molecular formula is C14H21N3O. The molecule has 1 fully saturated rings. The van der Waals surface area contributed by atoms with E-state index in [4.69, 9.17) is 5.73 Å². The summed E-state index contributed by atoms with van der Waals surface area (Å²) in [5, 5.41) is 5.97. The predicted octanol–water partition coefficient (Wildman–Crippen LogP) is 2.23. The molecule has 1 aliphatic carbocycles. The highest BCUT2D eigenvalue weighted by atomic mass is 16.1. The molecule has 4 nitrogen and oxygen atoms in total. The van der Waals surface area contributed by atoms with E-state index in [0.29, 0.717) is 11.3 Å². The molecule has 0 radical (unpaired) electrons. The van der Waals surface area contributed by atoms with Crippen molar-refractivity contribution in [1.82, 2.24) is 5.32 Å². The topological polar surface area (TPSA) is 67.2 Å². The smallest absolute Gasteiger partial charge is 0.253 e. The SMILES string of the molecule is CNC(=O)c1ccc(N)cc1NCCC1CCC1. The first-order chi connectivity index (χ1) is 8.70. The van der Waals surface area contributed by atoms with Gasteiger partial charge in [0, 0.05) is 25.0 Å². The van der Waals surface area contributed by atoms with Gasteiger partial charge in [0.2, 0.25) is 0 Å². The second-order valence-corrected chi connectivity index (χ2v) is 4.90. The average Bonchev–Trinajstić information content (AvgIpc) is 2.31. The van der Waals surface area contributed by atoms with E-state index in [0.717, 1.165) is 18.2 Å². The standard InChI is InChI=1S/C14H21N3O/c1-16-14(18)12-6-5-11(15)9-13(12)17-8-7-10-3-2-4-10/h5-6,9-10,17H,2-4,7-8,15H2,1H3,(H,16,18). The van der Waals surface area contributed by atoms with Gasteiger partial charge in [-0.2, -0.15) is 0 Å². The third-order valence-corrected chi connectivity index (χ3v) is 3.61.